The van der Waals surface area contributed by atoms with Gasteiger partial charge in [-0.1, -0.05) is 15.9 Å². The second kappa shape index (κ2) is 7.06. The van der Waals surface area contributed by atoms with Crippen LogP contribution in [-0.4, -0.2) is 13.2 Å². The second-order valence-electron chi connectivity index (χ2n) is 2.96. The lowest BCUT2D eigenvalue weighted by Gasteiger charge is -2.15. The number of hydrogen-bond donors (Lipinski definition) is 2. The third-order valence-electron chi connectivity index (χ3n) is 1.93. The molecule has 0 saturated carbocycles. The minimum absolute atomic E-state index is 0. The predicted molar refractivity (Wildman–Crippen MR) is 68.5 cm³/mol. The SMILES string of the molecule is CCOc1ccc(Br)cc1[C@@H](N)CN.Cl. The van der Waals surface area contributed by atoms with Gasteiger partial charge in [-0.2, -0.15) is 0 Å². The van der Waals surface area contributed by atoms with Crippen molar-refractivity contribution in [3.63, 3.8) is 0 Å². The summed E-state index contributed by atoms with van der Waals surface area (Å²) in [4.78, 5) is 0. The quantitative estimate of drug-likeness (QED) is 0.895. The molecular formula is C10H16BrClN2O. The van der Waals surface area contributed by atoms with Crippen molar-refractivity contribution in [2.24, 2.45) is 11.5 Å². The van der Waals surface area contributed by atoms with E-state index in [0.717, 1.165) is 15.8 Å². The molecule has 0 aliphatic rings. The van der Waals surface area contributed by atoms with E-state index in [1.165, 1.54) is 0 Å². The van der Waals surface area contributed by atoms with E-state index in [9.17, 15) is 0 Å². The molecule has 0 aliphatic heterocycles. The van der Waals surface area contributed by atoms with Gasteiger partial charge in [0.2, 0.25) is 0 Å². The number of hydrogen-bond acceptors (Lipinski definition) is 3. The first-order valence-electron chi connectivity index (χ1n) is 4.57. The molecule has 0 amide bonds. The van der Waals surface area contributed by atoms with Gasteiger partial charge < -0.3 is 16.2 Å². The summed E-state index contributed by atoms with van der Waals surface area (Å²) < 4.78 is 6.44. The Hall–Kier alpha value is -0.290. The molecule has 0 aromatic heterocycles. The molecular weight excluding hydrogens is 279 g/mol. The Balaban J connectivity index is 0.00000196. The topological polar surface area (TPSA) is 61.3 Å². The summed E-state index contributed by atoms with van der Waals surface area (Å²) in [7, 11) is 0. The van der Waals surface area contributed by atoms with Gasteiger partial charge in [-0.05, 0) is 25.1 Å². The average molecular weight is 296 g/mol. The maximum absolute atomic E-state index is 5.87. The molecule has 1 atom stereocenters. The van der Waals surface area contributed by atoms with Crippen molar-refractivity contribution in [3.8, 4) is 5.75 Å². The summed E-state index contributed by atoms with van der Waals surface area (Å²) in [5, 5.41) is 0. The highest BCUT2D eigenvalue weighted by molar-refractivity contribution is 9.10. The predicted octanol–water partition coefficient (Wildman–Crippen LogP) is 2.23. The van der Waals surface area contributed by atoms with Crippen LogP contribution in [0.1, 0.15) is 18.5 Å². The fraction of sp³-hybridized carbons (Fsp3) is 0.400. The van der Waals surface area contributed by atoms with E-state index in [2.05, 4.69) is 15.9 Å². The maximum Gasteiger partial charge on any atom is 0.124 e. The zero-order valence-electron chi connectivity index (χ0n) is 8.57. The first-order chi connectivity index (χ1) is 6.69. The Morgan fingerprint density at radius 3 is 2.67 bits per heavy atom. The maximum atomic E-state index is 5.87. The highest BCUT2D eigenvalue weighted by atomic mass is 79.9. The molecule has 3 nitrogen and oxygen atoms in total. The highest BCUT2D eigenvalue weighted by Crippen LogP contribution is 2.27. The molecule has 86 valence electrons. The summed E-state index contributed by atoms with van der Waals surface area (Å²) in [6.07, 6.45) is 0. The molecule has 4 N–H and O–H groups in total. The molecule has 1 aromatic carbocycles. The van der Waals surface area contributed by atoms with E-state index in [1.807, 2.05) is 25.1 Å². The van der Waals surface area contributed by atoms with Crippen molar-refractivity contribution in [1.82, 2.24) is 0 Å². The molecule has 0 radical (unpaired) electrons. The van der Waals surface area contributed by atoms with Crippen LogP contribution < -0.4 is 16.2 Å². The van der Waals surface area contributed by atoms with Crippen molar-refractivity contribution in [1.29, 1.82) is 0 Å². The highest BCUT2D eigenvalue weighted by Gasteiger charge is 2.10. The summed E-state index contributed by atoms with van der Waals surface area (Å²) in [6.45, 7) is 2.99. The number of rotatable bonds is 4. The molecule has 0 saturated heterocycles. The van der Waals surface area contributed by atoms with E-state index < -0.39 is 0 Å². The molecule has 5 heteroatoms. The first kappa shape index (κ1) is 14.7. The van der Waals surface area contributed by atoms with E-state index in [1.54, 1.807) is 0 Å². The van der Waals surface area contributed by atoms with Crippen LogP contribution in [0.25, 0.3) is 0 Å². The van der Waals surface area contributed by atoms with Gasteiger partial charge in [-0.15, -0.1) is 12.4 Å². The molecule has 0 heterocycles. The summed E-state index contributed by atoms with van der Waals surface area (Å²) in [5.41, 5.74) is 12.3. The average Bonchev–Trinajstić information content (AvgIpc) is 2.20. The van der Waals surface area contributed by atoms with Crippen LogP contribution in [0.4, 0.5) is 0 Å². The number of benzene rings is 1. The molecule has 0 bridgehead atoms. The Morgan fingerprint density at radius 2 is 2.13 bits per heavy atom. The number of nitrogens with two attached hydrogens (primary N) is 2. The Kier molecular flexibility index (Phi) is 6.92. The molecule has 1 aromatic rings. The van der Waals surface area contributed by atoms with Crippen LogP contribution in [0.15, 0.2) is 22.7 Å². The molecule has 1 rings (SSSR count). The fourth-order valence-corrected chi connectivity index (χ4v) is 1.60. The van der Waals surface area contributed by atoms with E-state index >= 15 is 0 Å². The fourth-order valence-electron chi connectivity index (χ4n) is 1.22. The zero-order valence-corrected chi connectivity index (χ0v) is 11.0. The lowest BCUT2D eigenvalue weighted by molar-refractivity contribution is 0.334. The molecule has 0 fully saturated rings. The normalized spacial score (nSPS) is 11.7. The van der Waals surface area contributed by atoms with Gasteiger partial charge in [0.1, 0.15) is 5.75 Å². The van der Waals surface area contributed by atoms with Crippen molar-refractivity contribution >= 4 is 28.3 Å². The van der Waals surface area contributed by atoms with Crippen LogP contribution in [0, 0.1) is 0 Å². The lowest BCUT2D eigenvalue weighted by Crippen LogP contribution is -2.21. The van der Waals surface area contributed by atoms with Crippen molar-refractivity contribution in [2.75, 3.05) is 13.2 Å². The van der Waals surface area contributed by atoms with E-state index in [4.69, 9.17) is 16.2 Å². The van der Waals surface area contributed by atoms with E-state index in [-0.39, 0.29) is 18.4 Å². The third kappa shape index (κ3) is 3.99. The smallest absolute Gasteiger partial charge is 0.124 e. The Morgan fingerprint density at radius 1 is 1.47 bits per heavy atom. The number of ether oxygens (including phenoxy) is 1. The summed E-state index contributed by atoms with van der Waals surface area (Å²) >= 11 is 3.39. The molecule has 15 heavy (non-hydrogen) atoms. The minimum atomic E-state index is -0.172. The Bertz CT molecular complexity index is 309. The monoisotopic (exact) mass is 294 g/mol. The molecule has 0 unspecified atom stereocenters. The Labute approximate surface area is 105 Å². The van der Waals surface area contributed by atoms with Gasteiger partial charge in [0, 0.05) is 22.6 Å². The van der Waals surface area contributed by atoms with Gasteiger partial charge in [0.15, 0.2) is 0 Å². The van der Waals surface area contributed by atoms with Crippen LogP contribution in [-0.2, 0) is 0 Å². The van der Waals surface area contributed by atoms with Crippen molar-refractivity contribution in [3.05, 3.63) is 28.2 Å². The first-order valence-corrected chi connectivity index (χ1v) is 5.36. The number of halogens is 2. The van der Waals surface area contributed by atoms with Gasteiger partial charge >= 0.3 is 0 Å². The van der Waals surface area contributed by atoms with Crippen LogP contribution in [0.2, 0.25) is 0 Å². The van der Waals surface area contributed by atoms with Crippen LogP contribution in [0.3, 0.4) is 0 Å². The summed E-state index contributed by atoms with van der Waals surface area (Å²) in [6, 6.07) is 5.60. The molecule has 0 spiro atoms. The molecule has 0 aliphatic carbocycles. The zero-order chi connectivity index (χ0) is 10.6. The second-order valence-corrected chi connectivity index (χ2v) is 3.87. The van der Waals surface area contributed by atoms with E-state index in [0.29, 0.717) is 13.2 Å². The van der Waals surface area contributed by atoms with Crippen molar-refractivity contribution in [2.45, 2.75) is 13.0 Å². The van der Waals surface area contributed by atoms with Crippen molar-refractivity contribution < 1.29 is 4.74 Å². The van der Waals surface area contributed by atoms with Crippen LogP contribution in [0.5, 0.6) is 5.75 Å². The van der Waals surface area contributed by atoms with Crippen LogP contribution >= 0.6 is 28.3 Å². The third-order valence-corrected chi connectivity index (χ3v) is 2.42. The largest absolute Gasteiger partial charge is 0.494 e. The minimum Gasteiger partial charge on any atom is -0.494 e. The van der Waals surface area contributed by atoms with Gasteiger partial charge in [0.25, 0.3) is 0 Å². The lowest BCUT2D eigenvalue weighted by atomic mass is 10.1. The summed E-state index contributed by atoms with van der Waals surface area (Å²) in [5.74, 6) is 0.814. The van der Waals surface area contributed by atoms with Gasteiger partial charge in [0.05, 0.1) is 6.61 Å². The van der Waals surface area contributed by atoms with Gasteiger partial charge in [-0.25, -0.2) is 0 Å². The van der Waals surface area contributed by atoms with Gasteiger partial charge in [-0.3, -0.25) is 0 Å². The standard InChI is InChI=1S/C10H15BrN2O.ClH/c1-2-14-10-4-3-7(11)5-8(10)9(13)6-12;/h3-5,9H,2,6,12-13H2,1H3;1H/t9-;/m0./s1.